The molecule has 0 unspecified atom stereocenters. The number of carbonyl (C=O) groups is 1. The standard InChI is InChI=1S/C15H11Cl2NO3/c16-10-4-2-6-12(13(10)17)21-14-9(15(19)20)7-8-3-1-5-11(8)18-14/h2,4,6-7H,1,3,5H2,(H,19,20). The fraction of sp³-hybridized carbons (Fsp3) is 0.200. The molecule has 1 aromatic carbocycles. The number of fused-ring (bicyclic) bond motifs is 1. The summed E-state index contributed by atoms with van der Waals surface area (Å²) in [6, 6.07) is 6.56. The Morgan fingerprint density at radius 3 is 2.86 bits per heavy atom. The summed E-state index contributed by atoms with van der Waals surface area (Å²) in [6.45, 7) is 0. The van der Waals surface area contributed by atoms with Crippen molar-refractivity contribution in [2.24, 2.45) is 0 Å². The monoisotopic (exact) mass is 323 g/mol. The number of aromatic carboxylic acids is 1. The molecule has 1 heterocycles. The topological polar surface area (TPSA) is 59.4 Å². The minimum Gasteiger partial charge on any atom is -0.477 e. The third-order valence-electron chi connectivity index (χ3n) is 3.37. The van der Waals surface area contributed by atoms with Crippen molar-refractivity contribution in [2.75, 3.05) is 0 Å². The van der Waals surface area contributed by atoms with Crippen LogP contribution in [0.1, 0.15) is 28.0 Å². The number of carboxylic acid groups (broad SMARTS) is 1. The fourth-order valence-electron chi connectivity index (χ4n) is 2.35. The summed E-state index contributed by atoms with van der Waals surface area (Å²) >= 11 is 12.0. The van der Waals surface area contributed by atoms with Gasteiger partial charge in [0.25, 0.3) is 0 Å². The number of pyridine rings is 1. The van der Waals surface area contributed by atoms with Crippen LogP contribution in [-0.2, 0) is 12.8 Å². The zero-order chi connectivity index (χ0) is 15.0. The number of rotatable bonds is 3. The first-order valence-electron chi connectivity index (χ1n) is 6.44. The number of benzene rings is 1. The molecule has 4 nitrogen and oxygen atoms in total. The van der Waals surface area contributed by atoms with Gasteiger partial charge in [0.15, 0.2) is 0 Å². The third-order valence-corrected chi connectivity index (χ3v) is 4.17. The first-order valence-corrected chi connectivity index (χ1v) is 7.20. The van der Waals surface area contributed by atoms with Crippen molar-refractivity contribution in [3.8, 4) is 11.6 Å². The number of hydrogen-bond acceptors (Lipinski definition) is 3. The molecule has 1 aromatic heterocycles. The van der Waals surface area contributed by atoms with Crippen molar-refractivity contribution in [2.45, 2.75) is 19.3 Å². The van der Waals surface area contributed by atoms with Crippen LogP contribution in [0.3, 0.4) is 0 Å². The molecule has 21 heavy (non-hydrogen) atoms. The molecule has 0 saturated carbocycles. The molecule has 3 rings (SSSR count). The molecule has 1 aliphatic rings. The summed E-state index contributed by atoms with van der Waals surface area (Å²) in [7, 11) is 0. The lowest BCUT2D eigenvalue weighted by Crippen LogP contribution is -2.05. The molecule has 1 aliphatic carbocycles. The average Bonchev–Trinajstić information content (AvgIpc) is 2.90. The third kappa shape index (κ3) is 2.69. The number of halogens is 2. The van der Waals surface area contributed by atoms with Gasteiger partial charge in [0, 0.05) is 5.69 Å². The SMILES string of the molecule is O=C(O)c1cc2c(nc1Oc1cccc(Cl)c1Cl)CCC2. The maximum atomic E-state index is 11.4. The molecule has 0 atom stereocenters. The van der Waals surface area contributed by atoms with Crippen LogP contribution in [0.25, 0.3) is 0 Å². The van der Waals surface area contributed by atoms with Gasteiger partial charge in [0.05, 0.1) is 5.02 Å². The van der Waals surface area contributed by atoms with Gasteiger partial charge in [0.2, 0.25) is 5.88 Å². The van der Waals surface area contributed by atoms with Crippen molar-refractivity contribution in [3.63, 3.8) is 0 Å². The highest BCUT2D eigenvalue weighted by atomic mass is 35.5. The Morgan fingerprint density at radius 2 is 2.10 bits per heavy atom. The number of hydrogen-bond donors (Lipinski definition) is 1. The number of nitrogens with zero attached hydrogens (tertiary/aromatic N) is 1. The van der Waals surface area contributed by atoms with Crippen LogP contribution in [0.5, 0.6) is 11.6 Å². The second-order valence-corrected chi connectivity index (χ2v) is 5.54. The zero-order valence-electron chi connectivity index (χ0n) is 10.9. The summed E-state index contributed by atoms with van der Waals surface area (Å²) in [4.78, 5) is 15.7. The lowest BCUT2D eigenvalue weighted by molar-refractivity contribution is 0.0693. The lowest BCUT2D eigenvalue weighted by Gasteiger charge is -2.11. The highest BCUT2D eigenvalue weighted by molar-refractivity contribution is 6.42. The second-order valence-electron chi connectivity index (χ2n) is 4.76. The van der Waals surface area contributed by atoms with Gasteiger partial charge in [-0.05, 0) is 43.0 Å². The van der Waals surface area contributed by atoms with Crippen molar-refractivity contribution >= 4 is 29.2 Å². The molecule has 0 aliphatic heterocycles. The zero-order valence-corrected chi connectivity index (χ0v) is 12.4. The maximum absolute atomic E-state index is 11.4. The van der Waals surface area contributed by atoms with E-state index in [2.05, 4.69) is 4.98 Å². The van der Waals surface area contributed by atoms with Crippen LogP contribution in [0.4, 0.5) is 0 Å². The molecule has 0 radical (unpaired) electrons. The smallest absolute Gasteiger partial charge is 0.341 e. The fourth-order valence-corrected chi connectivity index (χ4v) is 2.68. The van der Waals surface area contributed by atoms with E-state index in [0.717, 1.165) is 30.5 Å². The van der Waals surface area contributed by atoms with Crippen molar-refractivity contribution in [1.29, 1.82) is 0 Å². The molecular formula is C15H11Cl2NO3. The van der Waals surface area contributed by atoms with Crippen LogP contribution in [-0.4, -0.2) is 16.1 Å². The van der Waals surface area contributed by atoms with Crippen molar-refractivity contribution in [1.82, 2.24) is 4.98 Å². The van der Waals surface area contributed by atoms with Gasteiger partial charge in [-0.25, -0.2) is 9.78 Å². The Hall–Kier alpha value is -1.78. The summed E-state index contributed by atoms with van der Waals surface area (Å²) < 4.78 is 5.60. The summed E-state index contributed by atoms with van der Waals surface area (Å²) in [5.41, 5.74) is 1.89. The molecule has 108 valence electrons. The highest BCUT2D eigenvalue weighted by Gasteiger charge is 2.22. The molecule has 0 amide bonds. The Balaban J connectivity index is 2.05. The number of carboxylic acids is 1. The van der Waals surface area contributed by atoms with Gasteiger partial charge in [-0.2, -0.15) is 0 Å². The molecule has 0 bridgehead atoms. The molecule has 0 spiro atoms. The molecule has 1 N–H and O–H groups in total. The van der Waals surface area contributed by atoms with Crippen LogP contribution < -0.4 is 4.74 Å². The molecular weight excluding hydrogens is 313 g/mol. The predicted molar refractivity (Wildman–Crippen MR) is 79.8 cm³/mol. The number of aromatic nitrogens is 1. The van der Waals surface area contributed by atoms with Gasteiger partial charge in [-0.15, -0.1) is 0 Å². The van der Waals surface area contributed by atoms with Gasteiger partial charge in [-0.1, -0.05) is 29.3 Å². The summed E-state index contributed by atoms with van der Waals surface area (Å²) in [6.07, 6.45) is 2.65. The molecule has 6 heteroatoms. The second kappa shape index (κ2) is 5.54. The first kappa shape index (κ1) is 14.2. The van der Waals surface area contributed by atoms with Gasteiger partial charge >= 0.3 is 5.97 Å². The van der Waals surface area contributed by atoms with E-state index in [1.165, 1.54) is 0 Å². The molecule has 2 aromatic rings. The van der Waals surface area contributed by atoms with E-state index in [9.17, 15) is 9.90 Å². The van der Waals surface area contributed by atoms with E-state index in [1.54, 1.807) is 24.3 Å². The van der Waals surface area contributed by atoms with Crippen molar-refractivity contribution < 1.29 is 14.6 Å². The Bertz CT molecular complexity index is 731. The van der Waals surface area contributed by atoms with E-state index in [-0.39, 0.29) is 22.2 Å². The van der Waals surface area contributed by atoms with Crippen molar-refractivity contribution in [3.05, 3.63) is 51.1 Å². The van der Waals surface area contributed by atoms with E-state index >= 15 is 0 Å². The number of aryl methyl sites for hydroxylation is 2. The van der Waals surface area contributed by atoms with Gasteiger partial charge in [0.1, 0.15) is 16.3 Å². The van der Waals surface area contributed by atoms with Crippen LogP contribution >= 0.6 is 23.2 Å². The van der Waals surface area contributed by atoms with E-state index in [4.69, 9.17) is 27.9 Å². The average molecular weight is 324 g/mol. The van der Waals surface area contributed by atoms with E-state index < -0.39 is 5.97 Å². The highest BCUT2D eigenvalue weighted by Crippen LogP contribution is 2.36. The largest absolute Gasteiger partial charge is 0.477 e. The lowest BCUT2D eigenvalue weighted by atomic mass is 10.1. The molecule has 0 fully saturated rings. The van der Waals surface area contributed by atoms with Crippen LogP contribution in [0.2, 0.25) is 10.0 Å². The quantitative estimate of drug-likeness (QED) is 0.911. The normalized spacial score (nSPS) is 13.0. The van der Waals surface area contributed by atoms with Gasteiger partial charge < -0.3 is 9.84 Å². The van der Waals surface area contributed by atoms with Crippen LogP contribution in [0, 0.1) is 0 Å². The van der Waals surface area contributed by atoms with Gasteiger partial charge in [-0.3, -0.25) is 0 Å². The minimum absolute atomic E-state index is 0.0340. The summed E-state index contributed by atoms with van der Waals surface area (Å²) in [5.74, 6) is -0.741. The predicted octanol–water partition coefficient (Wildman–Crippen LogP) is 4.37. The van der Waals surface area contributed by atoms with Crippen LogP contribution in [0.15, 0.2) is 24.3 Å². The molecule has 0 saturated heterocycles. The maximum Gasteiger partial charge on any atom is 0.341 e. The minimum atomic E-state index is -1.08. The summed E-state index contributed by atoms with van der Waals surface area (Å²) in [5, 5.41) is 9.89. The number of ether oxygens (including phenoxy) is 1. The Labute approximate surface area is 131 Å². The Kier molecular flexibility index (Phi) is 3.74. The first-order chi connectivity index (χ1) is 10.1. The Morgan fingerprint density at radius 1 is 1.29 bits per heavy atom. The van der Waals surface area contributed by atoms with E-state index in [1.807, 2.05) is 0 Å². The van der Waals surface area contributed by atoms with E-state index in [0.29, 0.717) is 5.02 Å².